The van der Waals surface area contributed by atoms with Gasteiger partial charge in [-0.05, 0) is 33.5 Å². The van der Waals surface area contributed by atoms with E-state index in [1.807, 2.05) is 10.9 Å². The lowest BCUT2D eigenvalue weighted by molar-refractivity contribution is 0.285. The first-order valence-corrected chi connectivity index (χ1v) is 7.84. The normalized spacial score (nSPS) is 23.6. The molecule has 1 aliphatic heterocycles. The Hall–Kier alpha value is -1.07. The van der Waals surface area contributed by atoms with Crippen molar-refractivity contribution >= 4 is 5.69 Å². The molecule has 5 nitrogen and oxygen atoms in total. The summed E-state index contributed by atoms with van der Waals surface area (Å²) < 4.78 is 2.04. The predicted molar refractivity (Wildman–Crippen MR) is 84.1 cm³/mol. The van der Waals surface area contributed by atoms with Gasteiger partial charge in [-0.1, -0.05) is 13.8 Å². The highest BCUT2D eigenvalue weighted by molar-refractivity contribution is 5.39. The van der Waals surface area contributed by atoms with Crippen LogP contribution >= 0.6 is 0 Å². The maximum absolute atomic E-state index is 4.45. The number of hydrogen-bond acceptors (Lipinski definition) is 4. The SMILES string of the molecule is CCN(CC)CCn1cc(NC2CC(C)N(C)C2)cn1. The van der Waals surface area contributed by atoms with Crippen molar-refractivity contribution in [3.63, 3.8) is 0 Å². The van der Waals surface area contributed by atoms with E-state index in [0.717, 1.165) is 38.4 Å². The van der Waals surface area contributed by atoms with Crippen LogP contribution in [-0.4, -0.2) is 64.9 Å². The highest BCUT2D eigenvalue weighted by Crippen LogP contribution is 2.19. The monoisotopic (exact) mass is 279 g/mol. The Morgan fingerprint density at radius 1 is 1.40 bits per heavy atom. The molecule has 0 amide bonds. The van der Waals surface area contributed by atoms with Gasteiger partial charge in [0.25, 0.3) is 0 Å². The number of rotatable bonds is 7. The molecular formula is C15H29N5. The summed E-state index contributed by atoms with van der Waals surface area (Å²) in [4.78, 5) is 4.82. The summed E-state index contributed by atoms with van der Waals surface area (Å²) in [6.07, 6.45) is 5.29. The Balaban J connectivity index is 1.80. The minimum absolute atomic E-state index is 0.551. The predicted octanol–water partition coefficient (Wildman–Crippen LogP) is 1.73. The zero-order valence-electron chi connectivity index (χ0n) is 13.3. The number of nitrogens with one attached hydrogen (secondary N) is 1. The highest BCUT2D eigenvalue weighted by atomic mass is 15.3. The summed E-state index contributed by atoms with van der Waals surface area (Å²) in [5.41, 5.74) is 1.15. The molecule has 0 aliphatic carbocycles. The second-order valence-electron chi connectivity index (χ2n) is 5.88. The van der Waals surface area contributed by atoms with E-state index in [9.17, 15) is 0 Å². The topological polar surface area (TPSA) is 36.3 Å². The van der Waals surface area contributed by atoms with Crippen LogP contribution in [0.2, 0.25) is 0 Å². The molecule has 2 atom stereocenters. The molecule has 20 heavy (non-hydrogen) atoms. The lowest BCUT2D eigenvalue weighted by atomic mass is 10.2. The van der Waals surface area contributed by atoms with Gasteiger partial charge in [-0.15, -0.1) is 0 Å². The number of hydrogen-bond donors (Lipinski definition) is 1. The van der Waals surface area contributed by atoms with Crippen molar-refractivity contribution in [3.05, 3.63) is 12.4 Å². The molecule has 2 heterocycles. The summed E-state index contributed by atoms with van der Waals surface area (Å²) in [5.74, 6) is 0. The van der Waals surface area contributed by atoms with Gasteiger partial charge in [0.15, 0.2) is 0 Å². The average Bonchev–Trinajstić information content (AvgIpc) is 2.99. The summed E-state index contributed by atoms with van der Waals surface area (Å²) in [7, 11) is 2.19. The van der Waals surface area contributed by atoms with Crippen LogP contribution in [0.15, 0.2) is 12.4 Å². The molecule has 0 spiro atoms. The smallest absolute Gasteiger partial charge is 0.0729 e. The first-order valence-electron chi connectivity index (χ1n) is 7.84. The molecule has 0 bridgehead atoms. The third-order valence-corrected chi connectivity index (χ3v) is 4.43. The number of likely N-dealkylation sites (tertiary alicyclic amines) is 1. The first kappa shape index (κ1) is 15.3. The van der Waals surface area contributed by atoms with Crippen molar-refractivity contribution in [1.29, 1.82) is 0 Å². The largest absolute Gasteiger partial charge is 0.378 e. The molecule has 5 heteroatoms. The fraction of sp³-hybridized carbons (Fsp3) is 0.800. The average molecular weight is 279 g/mol. The van der Waals surface area contributed by atoms with Gasteiger partial charge in [-0.25, -0.2) is 0 Å². The second-order valence-corrected chi connectivity index (χ2v) is 5.88. The molecule has 114 valence electrons. The molecule has 0 aromatic carbocycles. The lowest BCUT2D eigenvalue weighted by Gasteiger charge is -2.17. The van der Waals surface area contributed by atoms with E-state index < -0.39 is 0 Å². The van der Waals surface area contributed by atoms with E-state index in [-0.39, 0.29) is 0 Å². The number of aromatic nitrogens is 2. The second kappa shape index (κ2) is 7.09. The van der Waals surface area contributed by atoms with E-state index in [2.05, 4.69) is 54.2 Å². The number of anilines is 1. The fourth-order valence-corrected chi connectivity index (χ4v) is 2.88. The molecule has 2 unspecified atom stereocenters. The van der Waals surface area contributed by atoms with Crippen molar-refractivity contribution in [2.45, 2.75) is 45.8 Å². The summed E-state index contributed by atoms with van der Waals surface area (Å²) in [6.45, 7) is 12.1. The summed E-state index contributed by atoms with van der Waals surface area (Å²) in [6, 6.07) is 1.22. The molecule has 1 N–H and O–H groups in total. The van der Waals surface area contributed by atoms with Gasteiger partial charge in [-0.3, -0.25) is 4.68 Å². The van der Waals surface area contributed by atoms with Crippen LogP contribution in [0.4, 0.5) is 5.69 Å². The van der Waals surface area contributed by atoms with Crippen LogP contribution in [-0.2, 0) is 6.54 Å². The fourth-order valence-electron chi connectivity index (χ4n) is 2.88. The Morgan fingerprint density at radius 2 is 2.15 bits per heavy atom. The van der Waals surface area contributed by atoms with Crippen LogP contribution in [0.1, 0.15) is 27.2 Å². The molecule has 1 aromatic rings. The Labute approximate surface area is 122 Å². The minimum Gasteiger partial charge on any atom is -0.378 e. The van der Waals surface area contributed by atoms with Gasteiger partial charge < -0.3 is 15.1 Å². The van der Waals surface area contributed by atoms with E-state index in [1.54, 1.807) is 0 Å². The summed E-state index contributed by atoms with van der Waals surface area (Å²) >= 11 is 0. The van der Waals surface area contributed by atoms with Crippen LogP contribution in [0.5, 0.6) is 0 Å². The molecule has 1 fully saturated rings. The van der Waals surface area contributed by atoms with Crippen LogP contribution in [0.3, 0.4) is 0 Å². The molecule has 1 aliphatic rings. The van der Waals surface area contributed by atoms with Crippen LogP contribution in [0, 0.1) is 0 Å². The van der Waals surface area contributed by atoms with Gasteiger partial charge in [-0.2, -0.15) is 5.10 Å². The van der Waals surface area contributed by atoms with Crippen molar-refractivity contribution in [2.24, 2.45) is 0 Å². The maximum Gasteiger partial charge on any atom is 0.0729 e. The molecule has 1 saturated heterocycles. The van der Waals surface area contributed by atoms with E-state index >= 15 is 0 Å². The Bertz CT molecular complexity index is 389. The molecule has 2 rings (SSSR count). The zero-order valence-corrected chi connectivity index (χ0v) is 13.3. The Kier molecular flexibility index (Phi) is 5.43. The minimum atomic E-state index is 0.551. The van der Waals surface area contributed by atoms with E-state index in [0.29, 0.717) is 12.1 Å². The van der Waals surface area contributed by atoms with E-state index in [1.165, 1.54) is 6.42 Å². The third-order valence-electron chi connectivity index (χ3n) is 4.43. The quantitative estimate of drug-likeness (QED) is 0.824. The lowest BCUT2D eigenvalue weighted by Crippen LogP contribution is -2.27. The maximum atomic E-state index is 4.45. The molecule has 1 aromatic heterocycles. The molecule has 0 radical (unpaired) electrons. The molecule has 0 saturated carbocycles. The number of likely N-dealkylation sites (N-methyl/N-ethyl adjacent to an activating group) is 2. The molecular weight excluding hydrogens is 250 g/mol. The Morgan fingerprint density at radius 3 is 2.75 bits per heavy atom. The van der Waals surface area contributed by atoms with Crippen molar-refractivity contribution < 1.29 is 0 Å². The van der Waals surface area contributed by atoms with Crippen molar-refractivity contribution in [2.75, 3.05) is 38.5 Å². The van der Waals surface area contributed by atoms with Crippen molar-refractivity contribution in [3.8, 4) is 0 Å². The van der Waals surface area contributed by atoms with E-state index in [4.69, 9.17) is 0 Å². The van der Waals surface area contributed by atoms with Gasteiger partial charge in [0.05, 0.1) is 18.4 Å². The standard InChI is InChI=1S/C15H29N5/c1-5-19(6-2)7-8-20-12-15(10-16-20)17-14-9-13(3)18(4)11-14/h10,12-14,17H,5-9,11H2,1-4H3. The third kappa shape index (κ3) is 3.96. The zero-order chi connectivity index (χ0) is 14.5. The van der Waals surface area contributed by atoms with Gasteiger partial charge in [0.1, 0.15) is 0 Å². The van der Waals surface area contributed by atoms with Crippen LogP contribution in [0.25, 0.3) is 0 Å². The first-order chi connectivity index (χ1) is 9.62. The summed E-state index contributed by atoms with van der Waals surface area (Å²) in [5, 5.41) is 8.05. The number of nitrogens with zero attached hydrogens (tertiary/aromatic N) is 4. The van der Waals surface area contributed by atoms with Gasteiger partial charge in [0, 0.05) is 31.4 Å². The van der Waals surface area contributed by atoms with Gasteiger partial charge >= 0.3 is 0 Å². The highest BCUT2D eigenvalue weighted by Gasteiger charge is 2.25. The van der Waals surface area contributed by atoms with Crippen molar-refractivity contribution in [1.82, 2.24) is 19.6 Å². The van der Waals surface area contributed by atoms with Gasteiger partial charge in [0.2, 0.25) is 0 Å². The van der Waals surface area contributed by atoms with Crippen LogP contribution < -0.4 is 5.32 Å².